The smallest absolute Gasteiger partial charge is 0.347 e. The molecule has 2 N–H and O–H groups in total. The molecule has 114 valence electrons. The fraction of sp³-hybridized carbons (Fsp3) is 0.111. The third-order valence-corrected chi connectivity index (χ3v) is 3.76. The summed E-state index contributed by atoms with van der Waals surface area (Å²) in [5, 5.41) is 4.07. The molecule has 0 spiro atoms. The highest BCUT2D eigenvalue weighted by Crippen LogP contribution is 2.23. The van der Waals surface area contributed by atoms with Gasteiger partial charge in [-0.2, -0.15) is 0 Å². The maximum Gasteiger partial charge on any atom is 0.347 e. The third kappa shape index (κ3) is 2.36. The van der Waals surface area contributed by atoms with Crippen LogP contribution in [0.1, 0.15) is 6.92 Å². The number of anilines is 1. The fourth-order valence-electron chi connectivity index (χ4n) is 2.67. The van der Waals surface area contributed by atoms with Crippen molar-refractivity contribution in [3.05, 3.63) is 59.0 Å². The topological polar surface area (TPSA) is 70.9 Å². The second-order valence-corrected chi connectivity index (χ2v) is 5.33. The highest BCUT2D eigenvalue weighted by Gasteiger charge is 2.12. The first-order chi connectivity index (χ1) is 11.2. The van der Waals surface area contributed by atoms with Crippen LogP contribution in [-0.4, -0.2) is 16.5 Å². The average molecular weight is 305 g/mol. The third-order valence-electron chi connectivity index (χ3n) is 3.76. The number of para-hydroxylation sites is 2. The van der Waals surface area contributed by atoms with Crippen molar-refractivity contribution in [3.63, 3.8) is 0 Å². The predicted octanol–water partition coefficient (Wildman–Crippen LogP) is 3.77. The maximum absolute atomic E-state index is 12.3. The van der Waals surface area contributed by atoms with Crippen molar-refractivity contribution in [1.82, 2.24) is 9.97 Å². The lowest BCUT2D eigenvalue weighted by Crippen LogP contribution is -2.04. The molecule has 0 radical (unpaired) electrons. The number of aromatic nitrogens is 2. The number of fused-ring (bicyclic) bond motifs is 2. The first-order valence-corrected chi connectivity index (χ1v) is 7.51. The van der Waals surface area contributed by atoms with Gasteiger partial charge < -0.3 is 14.7 Å². The van der Waals surface area contributed by atoms with Gasteiger partial charge in [0.05, 0.1) is 11.0 Å². The highest BCUT2D eigenvalue weighted by atomic mass is 16.4. The van der Waals surface area contributed by atoms with Gasteiger partial charge in [-0.1, -0.05) is 12.1 Å². The summed E-state index contributed by atoms with van der Waals surface area (Å²) in [5.41, 5.74) is 3.25. The molecule has 2 aromatic heterocycles. The number of nitrogens with one attached hydrogen (secondary N) is 2. The van der Waals surface area contributed by atoms with Gasteiger partial charge in [0.15, 0.2) is 0 Å². The lowest BCUT2D eigenvalue weighted by atomic mass is 10.1. The Bertz CT molecular complexity index is 1030. The van der Waals surface area contributed by atoms with Crippen LogP contribution in [0, 0.1) is 0 Å². The summed E-state index contributed by atoms with van der Waals surface area (Å²) in [5.74, 6) is 0.526. The van der Waals surface area contributed by atoms with Crippen molar-refractivity contribution in [3.8, 4) is 11.4 Å². The molecule has 0 unspecified atom stereocenters. The average Bonchev–Trinajstić information content (AvgIpc) is 2.98. The van der Waals surface area contributed by atoms with Gasteiger partial charge in [0.1, 0.15) is 17.0 Å². The number of hydrogen-bond donors (Lipinski definition) is 2. The second-order valence-electron chi connectivity index (χ2n) is 5.33. The van der Waals surface area contributed by atoms with Crippen LogP contribution >= 0.6 is 0 Å². The molecule has 0 aliphatic rings. The van der Waals surface area contributed by atoms with Crippen molar-refractivity contribution in [1.29, 1.82) is 0 Å². The van der Waals surface area contributed by atoms with E-state index in [4.69, 9.17) is 4.42 Å². The van der Waals surface area contributed by atoms with Gasteiger partial charge in [0.25, 0.3) is 0 Å². The van der Waals surface area contributed by atoms with Gasteiger partial charge in [0.2, 0.25) is 0 Å². The Morgan fingerprint density at radius 2 is 2.04 bits per heavy atom. The summed E-state index contributed by atoms with van der Waals surface area (Å²) >= 11 is 0. The van der Waals surface area contributed by atoms with E-state index in [1.807, 2.05) is 55.5 Å². The molecule has 4 aromatic rings. The van der Waals surface area contributed by atoms with Crippen molar-refractivity contribution in [2.24, 2.45) is 0 Å². The Morgan fingerprint density at radius 1 is 1.17 bits per heavy atom. The van der Waals surface area contributed by atoms with Gasteiger partial charge in [-0.25, -0.2) is 9.78 Å². The van der Waals surface area contributed by atoms with Crippen LogP contribution in [0.15, 0.2) is 57.7 Å². The zero-order valence-corrected chi connectivity index (χ0v) is 12.6. The van der Waals surface area contributed by atoms with E-state index in [9.17, 15) is 4.79 Å². The minimum absolute atomic E-state index is 0.398. The standard InChI is InChI=1S/C18H15N3O2/c1-2-19-12-8-7-11-9-13(18(22)23-16(11)10-12)17-20-14-5-3-4-6-15(14)21-17/h3-10,19H,2H2,1H3,(H,20,21). The van der Waals surface area contributed by atoms with E-state index in [0.29, 0.717) is 17.0 Å². The van der Waals surface area contributed by atoms with Crippen LogP contribution < -0.4 is 10.9 Å². The molecule has 0 atom stereocenters. The first-order valence-electron chi connectivity index (χ1n) is 7.51. The normalized spacial score (nSPS) is 11.2. The summed E-state index contributed by atoms with van der Waals surface area (Å²) in [6, 6.07) is 15.2. The van der Waals surface area contributed by atoms with Crippen molar-refractivity contribution in [2.45, 2.75) is 6.92 Å². The molecule has 23 heavy (non-hydrogen) atoms. The molecule has 2 aromatic carbocycles. The maximum atomic E-state index is 12.3. The van der Waals surface area contributed by atoms with E-state index in [2.05, 4.69) is 15.3 Å². The number of nitrogens with zero attached hydrogens (tertiary/aromatic N) is 1. The Morgan fingerprint density at radius 3 is 2.87 bits per heavy atom. The summed E-state index contributed by atoms with van der Waals surface area (Å²) < 4.78 is 5.47. The van der Waals surface area contributed by atoms with Crippen LogP contribution in [-0.2, 0) is 0 Å². The van der Waals surface area contributed by atoms with Crippen LogP contribution in [0.3, 0.4) is 0 Å². The Kier molecular flexibility index (Phi) is 3.12. The molecule has 0 saturated carbocycles. The zero-order valence-electron chi connectivity index (χ0n) is 12.6. The van der Waals surface area contributed by atoms with Crippen LogP contribution in [0.5, 0.6) is 0 Å². The van der Waals surface area contributed by atoms with Crippen molar-refractivity contribution in [2.75, 3.05) is 11.9 Å². The summed E-state index contributed by atoms with van der Waals surface area (Å²) in [6.07, 6.45) is 0. The minimum Gasteiger partial charge on any atom is -0.422 e. The van der Waals surface area contributed by atoms with Crippen LogP contribution in [0.25, 0.3) is 33.4 Å². The predicted molar refractivity (Wildman–Crippen MR) is 91.7 cm³/mol. The highest BCUT2D eigenvalue weighted by molar-refractivity contribution is 5.85. The summed E-state index contributed by atoms with van der Waals surface area (Å²) in [4.78, 5) is 20.0. The van der Waals surface area contributed by atoms with Gasteiger partial charge in [0, 0.05) is 23.7 Å². The molecule has 0 bridgehead atoms. The largest absolute Gasteiger partial charge is 0.422 e. The molecule has 0 fully saturated rings. The zero-order chi connectivity index (χ0) is 15.8. The summed E-state index contributed by atoms with van der Waals surface area (Å²) in [6.45, 7) is 2.83. The van der Waals surface area contributed by atoms with Crippen LogP contribution in [0.2, 0.25) is 0 Å². The van der Waals surface area contributed by atoms with E-state index < -0.39 is 5.63 Å². The molecular formula is C18H15N3O2. The van der Waals surface area contributed by atoms with E-state index in [1.54, 1.807) is 0 Å². The lowest BCUT2D eigenvalue weighted by Gasteiger charge is -2.04. The second kappa shape index (κ2) is 5.28. The molecule has 2 heterocycles. The van der Waals surface area contributed by atoms with E-state index in [1.165, 1.54) is 0 Å². The molecule has 0 aliphatic heterocycles. The number of aromatic amines is 1. The molecule has 5 nitrogen and oxygen atoms in total. The van der Waals surface area contributed by atoms with Crippen LogP contribution in [0.4, 0.5) is 5.69 Å². The molecule has 0 aliphatic carbocycles. The molecular weight excluding hydrogens is 290 g/mol. The minimum atomic E-state index is -0.398. The van der Waals surface area contributed by atoms with Gasteiger partial charge >= 0.3 is 5.63 Å². The van der Waals surface area contributed by atoms with Gasteiger partial charge in [-0.3, -0.25) is 0 Å². The molecule has 0 saturated heterocycles. The quantitative estimate of drug-likeness (QED) is 0.565. The van der Waals surface area contributed by atoms with Crippen molar-refractivity contribution < 1.29 is 4.42 Å². The Labute approximate surface area is 132 Å². The Hall–Kier alpha value is -3.08. The van der Waals surface area contributed by atoms with E-state index in [-0.39, 0.29) is 0 Å². The number of benzene rings is 2. The summed E-state index contributed by atoms with van der Waals surface area (Å²) in [7, 11) is 0. The number of hydrogen-bond acceptors (Lipinski definition) is 4. The number of H-pyrrole nitrogens is 1. The van der Waals surface area contributed by atoms with E-state index >= 15 is 0 Å². The molecule has 5 heteroatoms. The number of imidazole rings is 1. The van der Waals surface area contributed by atoms with E-state index in [0.717, 1.165) is 28.7 Å². The molecule has 0 amide bonds. The Balaban J connectivity index is 1.88. The SMILES string of the molecule is CCNc1ccc2cc(-c3nc4ccccc4[nH]3)c(=O)oc2c1. The monoisotopic (exact) mass is 305 g/mol. The number of rotatable bonds is 3. The molecule has 4 rings (SSSR count). The fourth-order valence-corrected chi connectivity index (χ4v) is 2.67. The van der Waals surface area contributed by atoms with Gasteiger partial charge in [-0.05, 0) is 37.3 Å². The van der Waals surface area contributed by atoms with Gasteiger partial charge in [-0.15, -0.1) is 0 Å². The lowest BCUT2D eigenvalue weighted by molar-refractivity contribution is 0.563. The first kappa shape index (κ1) is 13.6. The van der Waals surface area contributed by atoms with Crippen molar-refractivity contribution >= 4 is 27.7 Å².